The first-order chi connectivity index (χ1) is 14.1. The molecule has 0 aliphatic carbocycles. The zero-order valence-corrected chi connectivity index (χ0v) is 16.0. The monoisotopic (exact) mass is 416 g/mol. The molecule has 2 amide bonds. The van der Waals surface area contributed by atoms with Gasteiger partial charge in [0.2, 0.25) is 18.6 Å². The highest BCUT2D eigenvalue weighted by atomic mass is 35.5. The van der Waals surface area contributed by atoms with Gasteiger partial charge in [0.15, 0.2) is 23.0 Å². The summed E-state index contributed by atoms with van der Waals surface area (Å²) in [6, 6.07) is 8.55. The van der Waals surface area contributed by atoms with Crippen LogP contribution < -0.4 is 29.2 Å². The third kappa shape index (κ3) is 3.29. The smallest absolute Gasteiger partial charge is 0.231 e. The van der Waals surface area contributed by atoms with Gasteiger partial charge in [-0.2, -0.15) is 0 Å². The van der Waals surface area contributed by atoms with Crippen molar-refractivity contribution >= 4 is 34.8 Å². The number of fused-ring (bicyclic) bond motifs is 2. The molecule has 0 unspecified atom stereocenters. The minimum Gasteiger partial charge on any atom is -0.486 e. The Morgan fingerprint density at radius 2 is 1.72 bits per heavy atom. The Morgan fingerprint density at radius 1 is 1.00 bits per heavy atom. The SMILES string of the molecule is O=C(Nc1cc2c(cc1Cl)OCO2)[C@@H]1CC(=O)N(c2ccc3c(c2)OCCO3)C1. The summed E-state index contributed by atoms with van der Waals surface area (Å²) in [6.45, 7) is 1.35. The Morgan fingerprint density at radius 3 is 2.55 bits per heavy atom. The second-order valence-corrected chi connectivity index (χ2v) is 7.32. The van der Waals surface area contributed by atoms with E-state index in [2.05, 4.69) is 5.32 Å². The number of nitrogens with zero attached hydrogens (tertiary/aromatic N) is 1. The first-order valence-electron chi connectivity index (χ1n) is 9.18. The summed E-state index contributed by atoms with van der Waals surface area (Å²) >= 11 is 6.23. The van der Waals surface area contributed by atoms with E-state index in [9.17, 15) is 9.59 Å². The summed E-state index contributed by atoms with van der Waals surface area (Å²) in [5.41, 5.74) is 1.10. The van der Waals surface area contributed by atoms with E-state index in [0.29, 0.717) is 52.6 Å². The van der Waals surface area contributed by atoms with E-state index in [1.165, 1.54) is 0 Å². The molecule has 0 saturated carbocycles. The van der Waals surface area contributed by atoms with Crippen LogP contribution in [0.2, 0.25) is 5.02 Å². The van der Waals surface area contributed by atoms with Crippen LogP contribution in [0.15, 0.2) is 30.3 Å². The fourth-order valence-corrected chi connectivity index (χ4v) is 3.78. The molecular weight excluding hydrogens is 400 g/mol. The number of hydrogen-bond donors (Lipinski definition) is 1. The van der Waals surface area contributed by atoms with Gasteiger partial charge in [0.1, 0.15) is 13.2 Å². The quantitative estimate of drug-likeness (QED) is 0.828. The third-order valence-corrected chi connectivity index (χ3v) is 5.37. The Bertz CT molecular complexity index is 1010. The molecule has 8 nitrogen and oxygen atoms in total. The summed E-state index contributed by atoms with van der Waals surface area (Å²) in [5, 5.41) is 3.14. The van der Waals surface area contributed by atoms with Crippen molar-refractivity contribution in [1.82, 2.24) is 0 Å². The van der Waals surface area contributed by atoms with Gasteiger partial charge in [0.25, 0.3) is 0 Å². The molecule has 1 atom stereocenters. The summed E-state index contributed by atoms with van der Waals surface area (Å²) < 4.78 is 21.7. The minimum absolute atomic E-state index is 0.114. The van der Waals surface area contributed by atoms with Gasteiger partial charge in [-0.3, -0.25) is 9.59 Å². The number of hydrogen-bond acceptors (Lipinski definition) is 6. The molecule has 3 aliphatic heterocycles. The van der Waals surface area contributed by atoms with Crippen LogP contribution in [0.3, 0.4) is 0 Å². The van der Waals surface area contributed by atoms with Crippen molar-refractivity contribution in [3.8, 4) is 23.0 Å². The van der Waals surface area contributed by atoms with Crippen molar-refractivity contribution in [2.24, 2.45) is 5.92 Å². The second kappa shape index (κ2) is 7.04. The summed E-state index contributed by atoms with van der Waals surface area (Å²) in [7, 11) is 0. The molecule has 29 heavy (non-hydrogen) atoms. The van der Waals surface area contributed by atoms with Crippen LogP contribution in [0, 0.1) is 5.92 Å². The van der Waals surface area contributed by atoms with Gasteiger partial charge >= 0.3 is 0 Å². The second-order valence-electron chi connectivity index (χ2n) is 6.91. The lowest BCUT2D eigenvalue weighted by molar-refractivity contribution is -0.122. The molecule has 2 aromatic rings. The third-order valence-electron chi connectivity index (χ3n) is 5.05. The molecule has 3 heterocycles. The summed E-state index contributed by atoms with van der Waals surface area (Å²) in [6.07, 6.45) is 0.114. The van der Waals surface area contributed by atoms with Crippen LogP contribution in [0.25, 0.3) is 0 Å². The van der Waals surface area contributed by atoms with Gasteiger partial charge in [0, 0.05) is 36.9 Å². The Hall–Kier alpha value is -3.13. The normalized spacial score (nSPS) is 19.4. The number of amides is 2. The fraction of sp³-hybridized carbons (Fsp3) is 0.300. The van der Waals surface area contributed by atoms with Crippen LogP contribution in [-0.4, -0.2) is 38.4 Å². The topological polar surface area (TPSA) is 86.3 Å². The average Bonchev–Trinajstić information content (AvgIpc) is 3.34. The molecule has 0 aromatic heterocycles. The standard InChI is InChI=1S/C20H17ClN2O6/c21-13-7-17-18(29-10-28-17)8-14(13)22-20(25)11-5-19(24)23(9-11)12-1-2-15-16(6-12)27-4-3-26-15/h1-2,6-8,11H,3-5,9-10H2,(H,22,25)/t11-/m1/s1. The van der Waals surface area contributed by atoms with Gasteiger partial charge < -0.3 is 29.2 Å². The number of rotatable bonds is 3. The number of nitrogens with one attached hydrogen (secondary N) is 1. The van der Waals surface area contributed by atoms with Gasteiger partial charge in [-0.05, 0) is 12.1 Å². The molecule has 2 aromatic carbocycles. The maximum absolute atomic E-state index is 12.8. The first kappa shape index (κ1) is 17.9. The van der Waals surface area contributed by atoms with E-state index in [-0.39, 0.29) is 31.6 Å². The van der Waals surface area contributed by atoms with Crippen LogP contribution in [0.4, 0.5) is 11.4 Å². The van der Waals surface area contributed by atoms with Crippen molar-refractivity contribution in [3.05, 3.63) is 35.4 Å². The van der Waals surface area contributed by atoms with Crippen molar-refractivity contribution in [3.63, 3.8) is 0 Å². The maximum atomic E-state index is 12.8. The van der Waals surface area contributed by atoms with Crippen LogP contribution in [0.1, 0.15) is 6.42 Å². The van der Waals surface area contributed by atoms with Gasteiger partial charge in [-0.25, -0.2) is 0 Å². The zero-order valence-electron chi connectivity index (χ0n) is 15.3. The number of anilines is 2. The number of halogens is 1. The average molecular weight is 417 g/mol. The number of benzene rings is 2. The molecule has 0 radical (unpaired) electrons. The molecule has 5 rings (SSSR count). The molecule has 1 fully saturated rings. The summed E-state index contributed by atoms with van der Waals surface area (Å²) in [4.78, 5) is 26.9. The van der Waals surface area contributed by atoms with E-state index in [4.69, 9.17) is 30.5 Å². The minimum atomic E-state index is -0.503. The lowest BCUT2D eigenvalue weighted by Crippen LogP contribution is -2.28. The molecular formula is C20H17ClN2O6. The van der Waals surface area contributed by atoms with E-state index < -0.39 is 5.92 Å². The van der Waals surface area contributed by atoms with Crippen LogP contribution >= 0.6 is 11.6 Å². The highest BCUT2D eigenvalue weighted by Gasteiger charge is 2.36. The fourth-order valence-electron chi connectivity index (χ4n) is 3.58. The van der Waals surface area contributed by atoms with E-state index in [0.717, 1.165) is 0 Å². The van der Waals surface area contributed by atoms with Crippen molar-refractivity contribution < 1.29 is 28.5 Å². The van der Waals surface area contributed by atoms with Crippen molar-refractivity contribution in [1.29, 1.82) is 0 Å². The largest absolute Gasteiger partial charge is 0.486 e. The molecule has 1 saturated heterocycles. The molecule has 1 N–H and O–H groups in total. The number of carbonyl (C=O) groups excluding carboxylic acids is 2. The molecule has 0 spiro atoms. The highest BCUT2D eigenvalue weighted by Crippen LogP contribution is 2.40. The Kier molecular flexibility index (Phi) is 4.35. The molecule has 0 bridgehead atoms. The van der Waals surface area contributed by atoms with E-state index in [1.54, 1.807) is 35.2 Å². The Labute approximate surface area is 171 Å². The molecule has 3 aliphatic rings. The maximum Gasteiger partial charge on any atom is 0.231 e. The Balaban J connectivity index is 1.31. The highest BCUT2D eigenvalue weighted by molar-refractivity contribution is 6.34. The van der Waals surface area contributed by atoms with Crippen molar-refractivity contribution in [2.45, 2.75) is 6.42 Å². The van der Waals surface area contributed by atoms with E-state index >= 15 is 0 Å². The number of carbonyl (C=O) groups is 2. The van der Waals surface area contributed by atoms with Gasteiger partial charge in [-0.1, -0.05) is 11.6 Å². The predicted molar refractivity (Wildman–Crippen MR) is 104 cm³/mol. The predicted octanol–water partition coefficient (Wildman–Crippen LogP) is 2.83. The summed E-state index contributed by atoms with van der Waals surface area (Å²) in [5.74, 6) is 1.40. The van der Waals surface area contributed by atoms with Gasteiger partial charge in [-0.15, -0.1) is 0 Å². The molecule has 150 valence electrons. The van der Waals surface area contributed by atoms with E-state index in [1.807, 2.05) is 0 Å². The lowest BCUT2D eigenvalue weighted by atomic mass is 10.1. The lowest BCUT2D eigenvalue weighted by Gasteiger charge is -2.22. The van der Waals surface area contributed by atoms with Crippen LogP contribution in [0.5, 0.6) is 23.0 Å². The van der Waals surface area contributed by atoms with Crippen LogP contribution in [-0.2, 0) is 9.59 Å². The first-order valence-corrected chi connectivity index (χ1v) is 9.56. The number of ether oxygens (including phenoxy) is 4. The zero-order chi connectivity index (χ0) is 20.0. The van der Waals surface area contributed by atoms with Gasteiger partial charge in [0.05, 0.1) is 16.6 Å². The van der Waals surface area contributed by atoms with Crippen molar-refractivity contribution in [2.75, 3.05) is 36.8 Å². The molecule has 9 heteroatoms.